The van der Waals surface area contributed by atoms with E-state index in [0.717, 1.165) is 23.0 Å². The van der Waals surface area contributed by atoms with Gasteiger partial charge in [-0.1, -0.05) is 55.5 Å². The minimum absolute atomic E-state index is 0.156. The Morgan fingerprint density at radius 1 is 1.09 bits per heavy atom. The van der Waals surface area contributed by atoms with E-state index in [2.05, 4.69) is 19.1 Å². The zero-order chi connectivity index (χ0) is 15.5. The molecule has 0 aliphatic heterocycles. The quantitative estimate of drug-likeness (QED) is 0.793. The smallest absolute Gasteiger partial charge is 0.249 e. The number of benzene rings is 2. The molecule has 3 nitrogen and oxygen atoms in total. The zero-order valence-corrected chi connectivity index (χ0v) is 12.5. The van der Waals surface area contributed by atoms with Crippen molar-refractivity contribution in [1.29, 1.82) is 0 Å². The number of aromatic nitrogens is 1. The first-order valence-electron chi connectivity index (χ1n) is 7.45. The van der Waals surface area contributed by atoms with Gasteiger partial charge < -0.3 is 5.73 Å². The highest BCUT2D eigenvalue weighted by Crippen LogP contribution is 2.29. The van der Waals surface area contributed by atoms with E-state index in [0.29, 0.717) is 5.56 Å². The van der Waals surface area contributed by atoms with Crippen LogP contribution in [0.2, 0.25) is 0 Å². The first-order valence-corrected chi connectivity index (χ1v) is 7.45. The lowest BCUT2D eigenvalue weighted by Gasteiger charge is -2.17. The van der Waals surface area contributed by atoms with Gasteiger partial charge in [0.05, 0.1) is 11.1 Å². The van der Waals surface area contributed by atoms with Gasteiger partial charge in [0.2, 0.25) is 5.91 Å². The Balaban J connectivity index is 2.20. The SMILES string of the molecule is CCC(c1ccccc1)c1cc(C(N)=O)c2ccccc2n1. The molecule has 2 N–H and O–H groups in total. The number of hydrogen-bond acceptors (Lipinski definition) is 2. The number of nitrogens with two attached hydrogens (primary N) is 1. The molecule has 1 aromatic heterocycles. The van der Waals surface area contributed by atoms with Gasteiger partial charge >= 0.3 is 0 Å². The Hall–Kier alpha value is -2.68. The van der Waals surface area contributed by atoms with Crippen molar-refractivity contribution in [1.82, 2.24) is 4.98 Å². The van der Waals surface area contributed by atoms with Crippen LogP contribution in [-0.4, -0.2) is 10.9 Å². The number of hydrogen-bond donors (Lipinski definition) is 1. The van der Waals surface area contributed by atoms with Gasteiger partial charge in [0, 0.05) is 17.0 Å². The molecule has 0 aliphatic rings. The highest BCUT2D eigenvalue weighted by Gasteiger charge is 2.17. The topological polar surface area (TPSA) is 56.0 Å². The van der Waals surface area contributed by atoms with E-state index >= 15 is 0 Å². The van der Waals surface area contributed by atoms with Crippen LogP contribution >= 0.6 is 0 Å². The van der Waals surface area contributed by atoms with E-state index in [1.165, 1.54) is 5.56 Å². The minimum atomic E-state index is -0.414. The molecule has 1 unspecified atom stereocenters. The Kier molecular flexibility index (Phi) is 3.88. The van der Waals surface area contributed by atoms with E-state index in [-0.39, 0.29) is 5.92 Å². The Morgan fingerprint density at radius 3 is 2.45 bits per heavy atom. The highest BCUT2D eigenvalue weighted by molar-refractivity contribution is 6.05. The fourth-order valence-electron chi connectivity index (χ4n) is 2.88. The molecule has 1 atom stereocenters. The van der Waals surface area contributed by atoms with Gasteiger partial charge in [-0.25, -0.2) is 0 Å². The molecule has 0 saturated carbocycles. The third kappa shape index (κ3) is 2.58. The lowest BCUT2D eigenvalue weighted by Crippen LogP contribution is -2.14. The average molecular weight is 290 g/mol. The summed E-state index contributed by atoms with van der Waals surface area (Å²) >= 11 is 0. The monoisotopic (exact) mass is 290 g/mol. The number of pyridine rings is 1. The highest BCUT2D eigenvalue weighted by atomic mass is 16.1. The zero-order valence-electron chi connectivity index (χ0n) is 12.5. The van der Waals surface area contributed by atoms with Gasteiger partial charge in [-0.15, -0.1) is 0 Å². The van der Waals surface area contributed by atoms with Gasteiger partial charge in [-0.2, -0.15) is 0 Å². The maximum Gasteiger partial charge on any atom is 0.249 e. The number of amides is 1. The van der Waals surface area contributed by atoms with Gasteiger partial charge in [0.15, 0.2) is 0 Å². The van der Waals surface area contributed by atoms with Crippen LogP contribution in [-0.2, 0) is 0 Å². The molecule has 0 spiro atoms. The lowest BCUT2D eigenvalue weighted by molar-refractivity contribution is 0.100. The molecule has 0 bridgehead atoms. The summed E-state index contributed by atoms with van der Waals surface area (Å²) in [6.45, 7) is 2.12. The van der Waals surface area contributed by atoms with E-state index in [1.54, 1.807) is 0 Å². The Labute approximate surface area is 129 Å². The third-order valence-corrected chi connectivity index (χ3v) is 3.97. The van der Waals surface area contributed by atoms with Gasteiger partial charge in [0.1, 0.15) is 0 Å². The summed E-state index contributed by atoms with van der Waals surface area (Å²) in [5, 5.41) is 0.807. The van der Waals surface area contributed by atoms with Gasteiger partial charge in [-0.3, -0.25) is 9.78 Å². The van der Waals surface area contributed by atoms with E-state index in [1.807, 2.05) is 48.5 Å². The van der Waals surface area contributed by atoms with Crippen molar-refractivity contribution in [2.24, 2.45) is 5.73 Å². The van der Waals surface area contributed by atoms with Gasteiger partial charge in [0.25, 0.3) is 0 Å². The van der Waals surface area contributed by atoms with E-state index in [9.17, 15) is 4.79 Å². The summed E-state index contributed by atoms with van der Waals surface area (Å²) < 4.78 is 0. The number of carbonyl (C=O) groups excluding carboxylic acids is 1. The Morgan fingerprint density at radius 2 is 1.77 bits per heavy atom. The summed E-state index contributed by atoms with van der Waals surface area (Å²) in [5.41, 5.74) is 9.00. The van der Waals surface area contributed by atoms with E-state index in [4.69, 9.17) is 10.7 Å². The number of nitrogens with zero attached hydrogens (tertiary/aromatic N) is 1. The molecule has 2 aromatic carbocycles. The average Bonchev–Trinajstić information content (AvgIpc) is 2.55. The second kappa shape index (κ2) is 5.98. The first-order chi connectivity index (χ1) is 10.7. The molecule has 22 heavy (non-hydrogen) atoms. The summed E-state index contributed by atoms with van der Waals surface area (Å²) in [7, 11) is 0. The predicted molar refractivity (Wildman–Crippen MR) is 88.8 cm³/mol. The van der Waals surface area contributed by atoms with Crippen molar-refractivity contribution >= 4 is 16.8 Å². The van der Waals surface area contributed by atoms with Crippen LogP contribution in [0, 0.1) is 0 Å². The van der Waals surface area contributed by atoms with Crippen LogP contribution in [0.3, 0.4) is 0 Å². The number of para-hydroxylation sites is 1. The summed E-state index contributed by atoms with van der Waals surface area (Å²) in [5.74, 6) is -0.258. The van der Waals surface area contributed by atoms with Crippen LogP contribution < -0.4 is 5.73 Å². The maximum atomic E-state index is 11.8. The summed E-state index contributed by atoms with van der Waals surface area (Å²) in [6.07, 6.45) is 0.910. The summed E-state index contributed by atoms with van der Waals surface area (Å²) in [4.78, 5) is 16.6. The molecule has 0 saturated heterocycles. The molecular weight excluding hydrogens is 272 g/mol. The second-order valence-electron chi connectivity index (χ2n) is 5.35. The second-order valence-corrected chi connectivity index (χ2v) is 5.35. The van der Waals surface area contributed by atoms with Crippen molar-refractivity contribution in [2.45, 2.75) is 19.3 Å². The normalized spacial score (nSPS) is 12.2. The molecule has 1 heterocycles. The van der Waals surface area contributed by atoms with Crippen LogP contribution in [0.5, 0.6) is 0 Å². The van der Waals surface area contributed by atoms with E-state index < -0.39 is 5.91 Å². The van der Waals surface area contributed by atoms with Crippen molar-refractivity contribution < 1.29 is 4.79 Å². The van der Waals surface area contributed by atoms with Crippen molar-refractivity contribution in [2.75, 3.05) is 0 Å². The third-order valence-electron chi connectivity index (χ3n) is 3.97. The van der Waals surface area contributed by atoms with Crippen LogP contribution in [0.25, 0.3) is 10.9 Å². The van der Waals surface area contributed by atoms with Crippen molar-refractivity contribution in [3.05, 3.63) is 77.5 Å². The Bertz CT molecular complexity index is 812. The number of rotatable bonds is 4. The van der Waals surface area contributed by atoms with Crippen LogP contribution in [0.4, 0.5) is 0 Å². The minimum Gasteiger partial charge on any atom is -0.366 e. The van der Waals surface area contributed by atoms with Gasteiger partial charge in [-0.05, 0) is 24.1 Å². The molecule has 0 aliphatic carbocycles. The molecule has 0 radical (unpaired) electrons. The summed E-state index contributed by atoms with van der Waals surface area (Å²) in [6, 6.07) is 19.7. The van der Waals surface area contributed by atoms with Crippen molar-refractivity contribution in [3.8, 4) is 0 Å². The lowest BCUT2D eigenvalue weighted by atomic mass is 9.91. The molecule has 3 heteroatoms. The number of carbonyl (C=O) groups is 1. The van der Waals surface area contributed by atoms with Crippen LogP contribution in [0.1, 0.15) is 40.9 Å². The van der Waals surface area contributed by atoms with Crippen LogP contribution in [0.15, 0.2) is 60.7 Å². The largest absolute Gasteiger partial charge is 0.366 e. The maximum absolute atomic E-state index is 11.8. The first kappa shape index (κ1) is 14.3. The predicted octanol–water partition coefficient (Wildman–Crippen LogP) is 3.88. The molecular formula is C19H18N2O. The molecule has 3 rings (SSSR count). The molecule has 0 fully saturated rings. The molecule has 110 valence electrons. The van der Waals surface area contributed by atoms with Crippen molar-refractivity contribution in [3.63, 3.8) is 0 Å². The standard InChI is InChI=1S/C19H18N2O/c1-2-14(13-8-4-3-5-9-13)18-12-16(19(20)22)15-10-6-7-11-17(15)21-18/h3-12,14H,2H2,1H3,(H2,20,22). The fraction of sp³-hybridized carbons (Fsp3) is 0.158. The fourth-order valence-corrected chi connectivity index (χ4v) is 2.88. The molecule has 1 amide bonds. The number of fused-ring (bicyclic) bond motifs is 1. The number of primary amides is 1. The molecule has 3 aromatic rings.